The third-order valence-corrected chi connectivity index (χ3v) is 3.35. The number of hydrogen-bond donors (Lipinski definition) is 0. The van der Waals surface area contributed by atoms with Gasteiger partial charge in [-0.05, 0) is 32.1 Å². The van der Waals surface area contributed by atoms with E-state index in [1.165, 1.54) is 18.4 Å². The average molecular weight is 257 g/mol. The van der Waals surface area contributed by atoms with Gasteiger partial charge in [0.15, 0.2) is 0 Å². The summed E-state index contributed by atoms with van der Waals surface area (Å²) in [5.41, 5.74) is 2.27. The number of para-hydroxylation sites is 2. The maximum absolute atomic E-state index is 4.75. The first-order valence-corrected chi connectivity index (χ1v) is 6.99. The molecule has 102 valence electrons. The number of hydrogen-bond acceptors (Lipinski definition) is 2. The molecule has 0 unspecified atom stereocenters. The Morgan fingerprint density at radius 2 is 2.16 bits per heavy atom. The maximum Gasteiger partial charge on any atom is 0.124 e. The van der Waals surface area contributed by atoms with E-state index in [9.17, 15) is 0 Å². The van der Waals surface area contributed by atoms with Gasteiger partial charge in [0, 0.05) is 6.54 Å². The normalized spacial score (nSPS) is 11.3. The summed E-state index contributed by atoms with van der Waals surface area (Å²) >= 11 is 0. The van der Waals surface area contributed by atoms with Crippen LogP contribution in [-0.2, 0) is 13.1 Å². The molecule has 0 N–H and O–H groups in total. The maximum atomic E-state index is 4.75. The van der Waals surface area contributed by atoms with Crippen molar-refractivity contribution >= 4 is 11.0 Å². The molecule has 0 spiro atoms. The predicted octanol–water partition coefficient (Wildman–Crippen LogP) is 3.45. The van der Waals surface area contributed by atoms with Gasteiger partial charge in [-0.25, -0.2) is 4.98 Å². The smallest absolute Gasteiger partial charge is 0.124 e. The number of imidazole rings is 1. The first-order chi connectivity index (χ1) is 9.26. The molecule has 0 aliphatic heterocycles. The molecule has 0 saturated carbocycles. The minimum atomic E-state index is 0.817. The van der Waals surface area contributed by atoms with Gasteiger partial charge in [-0.2, -0.15) is 0 Å². The fourth-order valence-electron chi connectivity index (χ4n) is 2.33. The molecular weight excluding hydrogens is 234 g/mol. The van der Waals surface area contributed by atoms with E-state index in [0.717, 1.165) is 31.0 Å². The number of nitrogens with zero attached hydrogens (tertiary/aromatic N) is 3. The molecule has 0 saturated heterocycles. The average Bonchev–Trinajstić information content (AvgIpc) is 2.75. The number of allylic oxidation sites excluding steroid dienone is 1. The molecule has 1 heterocycles. The van der Waals surface area contributed by atoms with Gasteiger partial charge in [0.05, 0.1) is 17.6 Å². The van der Waals surface area contributed by atoms with Crippen molar-refractivity contribution in [3.05, 3.63) is 42.7 Å². The molecule has 0 fully saturated rings. The Morgan fingerprint density at radius 3 is 2.89 bits per heavy atom. The standard InChI is InChI=1S/C16H23N3/c1-4-6-12-18(3)13-16-17-14-9-7-8-10-15(14)19(16)11-5-2/h5,7-10H,2,4,6,11-13H2,1,3H3. The van der Waals surface area contributed by atoms with Crippen LogP contribution in [0.25, 0.3) is 11.0 Å². The number of benzene rings is 1. The van der Waals surface area contributed by atoms with E-state index in [1.807, 2.05) is 12.1 Å². The van der Waals surface area contributed by atoms with Gasteiger partial charge in [-0.3, -0.25) is 4.90 Å². The largest absolute Gasteiger partial charge is 0.323 e. The Balaban J connectivity index is 2.25. The zero-order valence-electron chi connectivity index (χ0n) is 12.0. The van der Waals surface area contributed by atoms with Crippen LogP contribution < -0.4 is 0 Å². The van der Waals surface area contributed by atoms with Crippen LogP contribution in [0.5, 0.6) is 0 Å². The van der Waals surface area contributed by atoms with E-state index in [2.05, 4.69) is 48.2 Å². The van der Waals surface area contributed by atoms with E-state index in [-0.39, 0.29) is 0 Å². The third-order valence-electron chi connectivity index (χ3n) is 3.35. The lowest BCUT2D eigenvalue weighted by molar-refractivity contribution is 0.309. The molecule has 1 aromatic carbocycles. The highest BCUT2D eigenvalue weighted by molar-refractivity contribution is 5.75. The molecule has 3 nitrogen and oxygen atoms in total. The second-order valence-corrected chi connectivity index (χ2v) is 5.01. The van der Waals surface area contributed by atoms with Crippen LogP contribution in [0, 0.1) is 0 Å². The first-order valence-electron chi connectivity index (χ1n) is 6.99. The van der Waals surface area contributed by atoms with Crippen LogP contribution in [0.15, 0.2) is 36.9 Å². The Hall–Kier alpha value is -1.61. The number of unbranched alkanes of at least 4 members (excludes halogenated alkanes) is 1. The summed E-state index contributed by atoms with van der Waals surface area (Å²) < 4.78 is 2.25. The predicted molar refractivity (Wildman–Crippen MR) is 81.2 cm³/mol. The van der Waals surface area contributed by atoms with Crippen LogP contribution >= 0.6 is 0 Å². The van der Waals surface area contributed by atoms with Crippen molar-refractivity contribution in [2.75, 3.05) is 13.6 Å². The van der Waals surface area contributed by atoms with Crippen LogP contribution in [0.2, 0.25) is 0 Å². The van der Waals surface area contributed by atoms with Gasteiger partial charge < -0.3 is 4.57 Å². The third kappa shape index (κ3) is 3.24. The Morgan fingerprint density at radius 1 is 1.37 bits per heavy atom. The van der Waals surface area contributed by atoms with Gasteiger partial charge in [0.2, 0.25) is 0 Å². The van der Waals surface area contributed by atoms with Gasteiger partial charge in [0.1, 0.15) is 5.82 Å². The molecule has 2 rings (SSSR count). The SMILES string of the molecule is C=CCn1c(CN(C)CCCC)nc2ccccc21. The van der Waals surface area contributed by atoms with E-state index in [4.69, 9.17) is 4.98 Å². The molecule has 0 aliphatic rings. The second-order valence-electron chi connectivity index (χ2n) is 5.01. The monoisotopic (exact) mass is 257 g/mol. The van der Waals surface area contributed by atoms with Crippen LogP contribution in [0.4, 0.5) is 0 Å². The summed E-state index contributed by atoms with van der Waals surface area (Å²) in [4.78, 5) is 7.09. The van der Waals surface area contributed by atoms with Crippen molar-refractivity contribution < 1.29 is 0 Å². The van der Waals surface area contributed by atoms with Gasteiger partial charge in [-0.15, -0.1) is 6.58 Å². The number of rotatable bonds is 7. The molecule has 19 heavy (non-hydrogen) atoms. The molecule has 0 bridgehead atoms. The van der Waals surface area contributed by atoms with Crippen molar-refractivity contribution in [3.63, 3.8) is 0 Å². The van der Waals surface area contributed by atoms with Crippen molar-refractivity contribution in [2.24, 2.45) is 0 Å². The zero-order valence-corrected chi connectivity index (χ0v) is 12.0. The van der Waals surface area contributed by atoms with Crippen LogP contribution in [-0.4, -0.2) is 28.0 Å². The summed E-state index contributed by atoms with van der Waals surface area (Å²) in [6, 6.07) is 8.30. The fourth-order valence-corrected chi connectivity index (χ4v) is 2.33. The minimum Gasteiger partial charge on any atom is -0.323 e. The Kier molecular flexibility index (Phi) is 4.74. The van der Waals surface area contributed by atoms with E-state index in [1.54, 1.807) is 0 Å². The second kappa shape index (κ2) is 6.53. The molecule has 0 atom stereocenters. The van der Waals surface area contributed by atoms with Gasteiger partial charge in [-0.1, -0.05) is 31.6 Å². The highest BCUT2D eigenvalue weighted by Gasteiger charge is 2.10. The molecule has 3 heteroatoms. The quantitative estimate of drug-likeness (QED) is 0.708. The van der Waals surface area contributed by atoms with Crippen LogP contribution in [0.1, 0.15) is 25.6 Å². The summed E-state index contributed by atoms with van der Waals surface area (Å²) in [5.74, 6) is 1.12. The Bertz CT molecular complexity index is 542. The molecule has 0 radical (unpaired) electrons. The summed E-state index contributed by atoms with van der Waals surface area (Å²) in [6.07, 6.45) is 4.40. The van der Waals surface area contributed by atoms with Crippen molar-refractivity contribution in [1.82, 2.24) is 14.5 Å². The molecule has 2 aromatic rings. The highest BCUT2D eigenvalue weighted by Crippen LogP contribution is 2.17. The van der Waals surface area contributed by atoms with Gasteiger partial charge in [0.25, 0.3) is 0 Å². The lowest BCUT2D eigenvalue weighted by atomic mass is 10.3. The molecule has 1 aromatic heterocycles. The number of fused-ring (bicyclic) bond motifs is 1. The Labute approximate surface area is 115 Å². The topological polar surface area (TPSA) is 21.1 Å². The fraction of sp³-hybridized carbons (Fsp3) is 0.438. The van der Waals surface area contributed by atoms with Gasteiger partial charge >= 0.3 is 0 Å². The summed E-state index contributed by atoms with van der Waals surface area (Å²) in [6.45, 7) is 8.90. The van der Waals surface area contributed by atoms with Crippen molar-refractivity contribution in [2.45, 2.75) is 32.9 Å². The first kappa shape index (κ1) is 13.8. The molecule has 0 aliphatic carbocycles. The summed E-state index contributed by atoms with van der Waals surface area (Å²) in [7, 11) is 2.16. The van der Waals surface area contributed by atoms with E-state index < -0.39 is 0 Å². The minimum absolute atomic E-state index is 0.817. The molecular formula is C16H23N3. The van der Waals surface area contributed by atoms with E-state index >= 15 is 0 Å². The zero-order chi connectivity index (χ0) is 13.7. The number of aromatic nitrogens is 2. The molecule has 0 amide bonds. The van der Waals surface area contributed by atoms with Crippen LogP contribution in [0.3, 0.4) is 0 Å². The summed E-state index contributed by atoms with van der Waals surface area (Å²) in [5, 5.41) is 0. The lowest BCUT2D eigenvalue weighted by Crippen LogP contribution is -2.21. The van der Waals surface area contributed by atoms with E-state index in [0.29, 0.717) is 0 Å². The lowest BCUT2D eigenvalue weighted by Gasteiger charge is -2.16. The highest BCUT2D eigenvalue weighted by atomic mass is 15.2. The van der Waals surface area contributed by atoms with Crippen molar-refractivity contribution in [3.8, 4) is 0 Å². The van der Waals surface area contributed by atoms with Crippen molar-refractivity contribution in [1.29, 1.82) is 0 Å².